The van der Waals surface area contributed by atoms with Crippen LogP contribution in [0.1, 0.15) is 32.3 Å². The molecule has 0 unspecified atom stereocenters. The summed E-state index contributed by atoms with van der Waals surface area (Å²) in [5, 5.41) is 0. The number of hydrogen-bond donors (Lipinski definition) is 1. The lowest BCUT2D eigenvalue weighted by molar-refractivity contribution is 0.00564. The number of halogens is 2. The monoisotopic (exact) mass is 273 g/mol. The van der Waals surface area contributed by atoms with Crippen LogP contribution in [0.25, 0.3) is 0 Å². The predicted molar refractivity (Wildman–Crippen MR) is 71.0 cm³/mol. The minimum atomic E-state index is -3.05. The standard InChI is InChI=1S/C14H21F2NO2/c1-3-7-18-12-6-5-11(14(15,16)10-17)9-13(12)19-8-4-2/h5-6,9H,3-4,7-8,10,17H2,1-2H3. The second kappa shape index (κ2) is 7.28. The Labute approximate surface area is 112 Å². The van der Waals surface area contributed by atoms with Crippen LogP contribution in [0.3, 0.4) is 0 Å². The highest BCUT2D eigenvalue weighted by atomic mass is 19.3. The first-order chi connectivity index (χ1) is 9.05. The van der Waals surface area contributed by atoms with Crippen LogP contribution in [0.5, 0.6) is 11.5 Å². The summed E-state index contributed by atoms with van der Waals surface area (Å²) in [6.45, 7) is 4.18. The molecule has 19 heavy (non-hydrogen) atoms. The van der Waals surface area contributed by atoms with Gasteiger partial charge in [0.05, 0.1) is 19.8 Å². The summed E-state index contributed by atoms with van der Waals surface area (Å²) in [5.41, 5.74) is 4.94. The van der Waals surface area contributed by atoms with Gasteiger partial charge in [-0.2, -0.15) is 8.78 Å². The minimum Gasteiger partial charge on any atom is -0.490 e. The van der Waals surface area contributed by atoms with Crippen molar-refractivity contribution in [2.45, 2.75) is 32.6 Å². The third-order valence-electron chi connectivity index (χ3n) is 2.55. The van der Waals surface area contributed by atoms with E-state index in [0.29, 0.717) is 24.7 Å². The molecule has 108 valence electrons. The highest BCUT2D eigenvalue weighted by Gasteiger charge is 2.30. The van der Waals surface area contributed by atoms with Crippen LogP contribution in [0, 0.1) is 0 Å². The molecule has 0 heterocycles. The van der Waals surface area contributed by atoms with Crippen molar-refractivity contribution in [1.29, 1.82) is 0 Å². The van der Waals surface area contributed by atoms with Gasteiger partial charge in [0.25, 0.3) is 5.92 Å². The molecule has 3 nitrogen and oxygen atoms in total. The summed E-state index contributed by atoms with van der Waals surface area (Å²) >= 11 is 0. The van der Waals surface area contributed by atoms with Crippen LogP contribution in [-0.2, 0) is 5.92 Å². The Morgan fingerprint density at radius 2 is 1.63 bits per heavy atom. The van der Waals surface area contributed by atoms with Gasteiger partial charge < -0.3 is 15.2 Å². The van der Waals surface area contributed by atoms with E-state index in [1.165, 1.54) is 18.2 Å². The van der Waals surface area contributed by atoms with Crippen molar-refractivity contribution < 1.29 is 18.3 Å². The zero-order valence-electron chi connectivity index (χ0n) is 11.4. The molecule has 1 rings (SSSR count). The Balaban J connectivity index is 3.00. The number of benzene rings is 1. The molecule has 0 radical (unpaired) electrons. The van der Waals surface area contributed by atoms with Gasteiger partial charge in [-0.1, -0.05) is 13.8 Å². The molecule has 1 aromatic carbocycles. The molecule has 2 N–H and O–H groups in total. The van der Waals surface area contributed by atoms with Crippen molar-refractivity contribution in [1.82, 2.24) is 0 Å². The van der Waals surface area contributed by atoms with Gasteiger partial charge in [-0.05, 0) is 31.0 Å². The van der Waals surface area contributed by atoms with E-state index >= 15 is 0 Å². The molecule has 0 aliphatic heterocycles. The van der Waals surface area contributed by atoms with Gasteiger partial charge in [0.15, 0.2) is 11.5 Å². The van der Waals surface area contributed by atoms with Gasteiger partial charge in [-0.3, -0.25) is 0 Å². The van der Waals surface area contributed by atoms with E-state index in [0.717, 1.165) is 12.8 Å². The Kier molecular flexibility index (Phi) is 6.02. The van der Waals surface area contributed by atoms with Crippen molar-refractivity contribution in [3.63, 3.8) is 0 Å². The van der Waals surface area contributed by atoms with Crippen molar-refractivity contribution >= 4 is 0 Å². The van der Waals surface area contributed by atoms with Gasteiger partial charge in [-0.25, -0.2) is 0 Å². The highest BCUT2D eigenvalue weighted by molar-refractivity contribution is 5.44. The quantitative estimate of drug-likeness (QED) is 0.790. The lowest BCUT2D eigenvalue weighted by Crippen LogP contribution is -2.25. The van der Waals surface area contributed by atoms with Gasteiger partial charge in [0.2, 0.25) is 0 Å². The SMILES string of the molecule is CCCOc1ccc(C(F)(F)CN)cc1OCCC. The maximum atomic E-state index is 13.5. The maximum Gasteiger partial charge on any atom is 0.285 e. The molecule has 0 aliphatic carbocycles. The lowest BCUT2D eigenvalue weighted by atomic mass is 10.1. The zero-order valence-corrected chi connectivity index (χ0v) is 11.4. The van der Waals surface area contributed by atoms with Crippen LogP contribution >= 0.6 is 0 Å². The molecule has 0 amide bonds. The maximum absolute atomic E-state index is 13.5. The molecule has 0 aromatic heterocycles. The first-order valence-electron chi connectivity index (χ1n) is 6.53. The number of rotatable bonds is 8. The Morgan fingerprint density at radius 1 is 1.05 bits per heavy atom. The van der Waals surface area contributed by atoms with E-state index < -0.39 is 12.5 Å². The lowest BCUT2D eigenvalue weighted by Gasteiger charge is -2.18. The number of ether oxygens (including phenoxy) is 2. The van der Waals surface area contributed by atoms with Crippen LogP contribution in [0.15, 0.2) is 18.2 Å². The summed E-state index contributed by atoms with van der Waals surface area (Å²) in [6, 6.07) is 4.16. The third kappa shape index (κ3) is 4.35. The van der Waals surface area contributed by atoms with Crippen LogP contribution in [0.2, 0.25) is 0 Å². The van der Waals surface area contributed by atoms with Gasteiger partial charge in [0.1, 0.15) is 0 Å². The topological polar surface area (TPSA) is 44.5 Å². The van der Waals surface area contributed by atoms with Crippen molar-refractivity contribution in [3.8, 4) is 11.5 Å². The third-order valence-corrected chi connectivity index (χ3v) is 2.55. The van der Waals surface area contributed by atoms with Crippen LogP contribution < -0.4 is 15.2 Å². The second-order valence-corrected chi connectivity index (χ2v) is 4.27. The molecular weight excluding hydrogens is 252 g/mol. The molecular formula is C14H21F2NO2. The summed E-state index contributed by atoms with van der Waals surface area (Å²) in [4.78, 5) is 0. The smallest absolute Gasteiger partial charge is 0.285 e. The molecule has 0 aliphatic rings. The summed E-state index contributed by atoms with van der Waals surface area (Å²) in [5.74, 6) is -2.21. The Bertz CT molecular complexity index is 397. The average Bonchev–Trinajstić information content (AvgIpc) is 2.43. The van der Waals surface area contributed by atoms with E-state index in [4.69, 9.17) is 15.2 Å². The van der Waals surface area contributed by atoms with Crippen LogP contribution in [-0.4, -0.2) is 19.8 Å². The number of hydrogen-bond acceptors (Lipinski definition) is 3. The van der Waals surface area contributed by atoms with Gasteiger partial charge >= 0.3 is 0 Å². The molecule has 1 aromatic rings. The normalized spacial score (nSPS) is 11.4. The van der Waals surface area contributed by atoms with E-state index in [9.17, 15) is 8.78 Å². The largest absolute Gasteiger partial charge is 0.490 e. The summed E-state index contributed by atoms with van der Waals surface area (Å²) in [6.07, 6.45) is 1.64. The average molecular weight is 273 g/mol. The minimum absolute atomic E-state index is 0.148. The Morgan fingerprint density at radius 3 is 2.16 bits per heavy atom. The molecule has 0 atom stereocenters. The molecule has 0 bridgehead atoms. The summed E-state index contributed by atoms with van der Waals surface area (Å²) < 4.78 is 38.0. The second-order valence-electron chi connectivity index (χ2n) is 4.27. The predicted octanol–water partition coefficient (Wildman–Crippen LogP) is 3.31. The zero-order chi connectivity index (χ0) is 14.3. The first kappa shape index (κ1) is 15.7. The number of alkyl halides is 2. The van der Waals surface area contributed by atoms with Crippen molar-refractivity contribution in [3.05, 3.63) is 23.8 Å². The molecule has 5 heteroatoms. The molecule has 0 saturated carbocycles. The highest BCUT2D eigenvalue weighted by Crippen LogP contribution is 2.35. The van der Waals surface area contributed by atoms with Crippen LogP contribution in [0.4, 0.5) is 8.78 Å². The fraction of sp³-hybridized carbons (Fsp3) is 0.571. The van der Waals surface area contributed by atoms with E-state index in [1.54, 1.807) is 0 Å². The fourth-order valence-corrected chi connectivity index (χ4v) is 1.51. The Hall–Kier alpha value is -1.36. The molecule has 0 saturated heterocycles. The van der Waals surface area contributed by atoms with Gasteiger partial charge in [-0.15, -0.1) is 0 Å². The van der Waals surface area contributed by atoms with E-state index in [2.05, 4.69) is 0 Å². The molecule has 0 spiro atoms. The van der Waals surface area contributed by atoms with E-state index in [-0.39, 0.29) is 5.56 Å². The summed E-state index contributed by atoms with van der Waals surface area (Å²) in [7, 11) is 0. The fourth-order valence-electron chi connectivity index (χ4n) is 1.51. The first-order valence-corrected chi connectivity index (χ1v) is 6.53. The van der Waals surface area contributed by atoms with E-state index in [1.807, 2.05) is 13.8 Å². The van der Waals surface area contributed by atoms with Gasteiger partial charge in [0, 0.05) is 5.56 Å². The number of nitrogens with two attached hydrogens (primary N) is 1. The van der Waals surface area contributed by atoms with Crippen molar-refractivity contribution in [2.24, 2.45) is 5.73 Å². The molecule has 0 fully saturated rings. The van der Waals surface area contributed by atoms with Crippen molar-refractivity contribution in [2.75, 3.05) is 19.8 Å².